The van der Waals surface area contributed by atoms with Gasteiger partial charge in [0.05, 0.1) is 32.0 Å². The van der Waals surface area contributed by atoms with Gasteiger partial charge in [0.25, 0.3) is 0 Å². The van der Waals surface area contributed by atoms with Crippen LogP contribution in [0.3, 0.4) is 0 Å². The fourth-order valence-electron chi connectivity index (χ4n) is 11.1. The van der Waals surface area contributed by atoms with Gasteiger partial charge in [-0.1, -0.05) is 307 Å². The highest BCUT2D eigenvalue weighted by molar-refractivity contribution is 5.76. The summed E-state index contributed by atoms with van der Waals surface area (Å²) in [5.74, 6) is -0.180. The lowest BCUT2D eigenvalue weighted by Crippen LogP contribution is -2.60. The summed E-state index contributed by atoms with van der Waals surface area (Å²) in [6.45, 7) is 4.23. The Bertz CT molecular complexity index is 1440. The Morgan fingerprint density at radius 2 is 0.815 bits per heavy atom. The average Bonchev–Trinajstić information content (AvgIpc) is 3.46. The lowest BCUT2D eigenvalue weighted by molar-refractivity contribution is -0.302. The predicted molar refractivity (Wildman–Crippen MR) is 338 cm³/mol. The first-order valence-electron chi connectivity index (χ1n) is 34.8. The van der Waals surface area contributed by atoms with E-state index in [-0.39, 0.29) is 18.5 Å². The molecule has 0 spiro atoms. The summed E-state index contributed by atoms with van der Waals surface area (Å²) in [5.41, 5.74) is 0. The van der Waals surface area contributed by atoms with Gasteiger partial charge in [0.1, 0.15) is 24.4 Å². The van der Waals surface area contributed by atoms with E-state index in [0.717, 1.165) is 64.2 Å². The molecule has 1 aliphatic rings. The molecule has 1 rings (SSSR count). The summed E-state index contributed by atoms with van der Waals surface area (Å²) in [4.78, 5) is 25.0. The van der Waals surface area contributed by atoms with Crippen LogP contribution in [0.25, 0.3) is 0 Å². The maximum Gasteiger partial charge on any atom is 0.305 e. The second kappa shape index (κ2) is 59.6. The van der Waals surface area contributed by atoms with Crippen molar-refractivity contribution in [2.24, 2.45) is 0 Å². The first-order chi connectivity index (χ1) is 39.7. The van der Waals surface area contributed by atoms with E-state index in [9.17, 15) is 35.1 Å². The van der Waals surface area contributed by atoms with E-state index < -0.39 is 49.5 Å². The molecule has 0 saturated carbocycles. The number of aliphatic hydroxyl groups excluding tert-OH is 5. The van der Waals surface area contributed by atoms with Gasteiger partial charge in [0.15, 0.2) is 6.29 Å². The molecule has 0 aliphatic carbocycles. The van der Waals surface area contributed by atoms with Gasteiger partial charge in [-0.2, -0.15) is 0 Å². The third-order valence-corrected chi connectivity index (χ3v) is 16.5. The number of amides is 1. The third-order valence-electron chi connectivity index (χ3n) is 16.5. The molecule has 1 heterocycles. The first-order valence-corrected chi connectivity index (χ1v) is 34.8. The number of hydrogen-bond donors (Lipinski definition) is 6. The number of rotatable bonds is 61. The fraction of sp³-hybridized carbons (Fsp3) is 0.886. The molecular weight excluding hydrogens is 1010 g/mol. The maximum atomic E-state index is 13.0. The van der Waals surface area contributed by atoms with Crippen molar-refractivity contribution in [3.63, 3.8) is 0 Å². The zero-order valence-corrected chi connectivity index (χ0v) is 52.8. The highest BCUT2D eigenvalue weighted by Gasteiger charge is 2.44. The SMILES string of the molecule is CC/C=C/CC/C=C/CC/C=C/C(O)C(COC1OC(CO)C(O)C(O)C1O)NC(=O)CCCCCCCCCCCCCCCCCCCCCCCCCCCCCCCCCCOC(=O)CCCCCCCCCCCCC. The topological polar surface area (TPSA) is 175 Å². The van der Waals surface area contributed by atoms with Gasteiger partial charge in [-0.25, -0.2) is 0 Å². The van der Waals surface area contributed by atoms with Crippen LogP contribution in [-0.4, -0.2) is 100 Å². The van der Waals surface area contributed by atoms with Crippen LogP contribution in [0.1, 0.15) is 335 Å². The van der Waals surface area contributed by atoms with Crippen molar-refractivity contribution in [3.05, 3.63) is 36.5 Å². The predicted octanol–water partition coefficient (Wildman–Crippen LogP) is 17.4. The largest absolute Gasteiger partial charge is 0.466 e. The highest BCUT2D eigenvalue weighted by atomic mass is 16.7. The average molecular weight is 1150 g/mol. The van der Waals surface area contributed by atoms with Gasteiger partial charge < -0.3 is 45.1 Å². The molecule has 0 aromatic rings. The molecule has 11 nitrogen and oxygen atoms in total. The molecule has 0 bridgehead atoms. The number of esters is 1. The van der Waals surface area contributed by atoms with Crippen molar-refractivity contribution in [2.75, 3.05) is 19.8 Å². The van der Waals surface area contributed by atoms with Gasteiger partial charge in [-0.15, -0.1) is 0 Å². The second-order valence-corrected chi connectivity index (χ2v) is 24.2. The number of ether oxygens (including phenoxy) is 3. The molecule has 6 N–H and O–H groups in total. The van der Waals surface area contributed by atoms with Crippen molar-refractivity contribution < 1.29 is 49.3 Å². The van der Waals surface area contributed by atoms with Crippen LogP contribution in [-0.2, 0) is 23.8 Å². The van der Waals surface area contributed by atoms with Crippen LogP contribution in [0.2, 0.25) is 0 Å². The minimum Gasteiger partial charge on any atom is -0.466 e. The smallest absolute Gasteiger partial charge is 0.305 e. The molecule has 1 aliphatic heterocycles. The van der Waals surface area contributed by atoms with Crippen LogP contribution >= 0.6 is 0 Å². The molecule has 1 fully saturated rings. The van der Waals surface area contributed by atoms with Crippen molar-refractivity contribution in [3.8, 4) is 0 Å². The van der Waals surface area contributed by atoms with Gasteiger partial charge in [-0.3, -0.25) is 9.59 Å². The summed E-state index contributed by atoms with van der Waals surface area (Å²) in [5, 5.41) is 54.3. The van der Waals surface area contributed by atoms with E-state index in [1.165, 1.54) is 244 Å². The van der Waals surface area contributed by atoms with Crippen molar-refractivity contribution >= 4 is 11.9 Å². The zero-order chi connectivity index (χ0) is 58.7. The van der Waals surface area contributed by atoms with Gasteiger partial charge >= 0.3 is 5.97 Å². The number of hydrogen-bond acceptors (Lipinski definition) is 10. The summed E-state index contributed by atoms with van der Waals surface area (Å²) in [6, 6.07) is -0.830. The molecule has 476 valence electrons. The van der Waals surface area contributed by atoms with E-state index in [1.807, 2.05) is 6.08 Å². The van der Waals surface area contributed by atoms with E-state index in [0.29, 0.717) is 19.4 Å². The van der Waals surface area contributed by atoms with Crippen molar-refractivity contribution in [1.82, 2.24) is 5.32 Å². The molecule has 81 heavy (non-hydrogen) atoms. The van der Waals surface area contributed by atoms with Crippen molar-refractivity contribution in [1.29, 1.82) is 0 Å². The van der Waals surface area contributed by atoms with E-state index >= 15 is 0 Å². The molecule has 7 unspecified atom stereocenters. The lowest BCUT2D eigenvalue weighted by Gasteiger charge is -2.40. The quantitative estimate of drug-likeness (QED) is 0.0195. The summed E-state index contributed by atoms with van der Waals surface area (Å²) in [7, 11) is 0. The van der Waals surface area contributed by atoms with E-state index in [2.05, 4.69) is 43.5 Å². The number of carbonyl (C=O) groups excluding carboxylic acids is 2. The molecule has 7 atom stereocenters. The molecule has 0 radical (unpaired) electrons. The Balaban J connectivity index is 1.91. The number of aliphatic hydroxyl groups is 5. The van der Waals surface area contributed by atoms with Gasteiger partial charge in [0, 0.05) is 12.8 Å². The molecule has 0 aromatic carbocycles. The van der Waals surface area contributed by atoms with Crippen LogP contribution in [0.4, 0.5) is 0 Å². The lowest BCUT2D eigenvalue weighted by atomic mass is 9.99. The second-order valence-electron chi connectivity index (χ2n) is 24.2. The minimum atomic E-state index is -1.58. The van der Waals surface area contributed by atoms with Gasteiger partial charge in [0.2, 0.25) is 5.91 Å². The highest BCUT2D eigenvalue weighted by Crippen LogP contribution is 2.23. The van der Waals surface area contributed by atoms with E-state index in [4.69, 9.17) is 14.2 Å². The Morgan fingerprint density at radius 1 is 0.457 bits per heavy atom. The Labute approximate surface area is 498 Å². The third kappa shape index (κ3) is 48.8. The van der Waals surface area contributed by atoms with Crippen LogP contribution in [0, 0.1) is 0 Å². The maximum absolute atomic E-state index is 13.0. The summed E-state index contributed by atoms with van der Waals surface area (Å²) in [6.07, 6.45) is 65.9. The molecular formula is C70H131NO10. The van der Waals surface area contributed by atoms with Crippen LogP contribution in [0.5, 0.6) is 0 Å². The van der Waals surface area contributed by atoms with Gasteiger partial charge in [-0.05, 0) is 51.4 Å². The van der Waals surface area contributed by atoms with Crippen LogP contribution in [0.15, 0.2) is 36.5 Å². The number of nitrogens with one attached hydrogen (secondary N) is 1. The Kier molecular flexibility index (Phi) is 56.6. The summed E-state index contributed by atoms with van der Waals surface area (Å²) < 4.78 is 16.7. The number of carbonyl (C=O) groups is 2. The van der Waals surface area contributed by atoms with E-state index in [1.54, 1.807) is 6.08 Å². The zero-order valence-electron chi connectivity index (χ0n) is 52.8. The van der Waals surface area contributed by atoms with Crippen molar-refractivity contribution in [2.45, 2.75) is 378 Å². The summed E-state index contributed by atoms with van der Waals surface area (Å²) >= 11 is 0. The monoisotopic (exact) mass is 1150 g/mol. The Morgan fingerprint density at radius 3 is 1.21 bits per heavy atom. The fourth-order valence-corrected chi connectivity index (χ4v) is 11.1. The van der Waals surface area contributed by atoms with Crippen LogP contribution < -0.4 is 5.32 Å². The minimum absolute atomic E-state index is 0.0131. The molecule has 0 aromatic heterocycles. The molecule has 1 saturated heterocycles. The standard InChI is InChI=1S/C70H131NO10/c1-3-5-7-9-11-13-37-42-46-50-54-58-66(75)79-59-55-51-47-43-39-36-34-32-30-28-26-24-22-20-18-16-15-17-19-21-23-25-27-29-31-33-35-38-41-45-49-53-57-65(74)71-62(61-80-70-69(78)68(77)67(76)64(60-72)81-70)63(73)56-52-48-44-40-14-12-10-8-6-4-2/h6,8,14,40,52,56,62-64,67-70,72-73,76-78H,3-5,7,9-13,15-39,41-51,53-55,57-61H2,1-2H3,(H,71,74)/b8-6+,40-14+,56-52+. The first kappa shape index (κ1) is 76.9. The Hall–Kier alpha value is -2.12. The number of unbranched alkanes of at least 4 members (excludes halogenated alkanes) is 43. The number of allylic oxidation sites excluding steroid dienone is 5. The molecule has 11 heteroatoms. The normalized spacial score (nSPS) is 18.4. The molecule has 1 amide bonds.